The molecule has 0 aliphatic carbocycles. The molecule has 0 radical (unpaired) electrons. The van der Waals surface area contributed by atoms with Crippen LogP contribution in [0.5, 0.6) is 17.2 Å². The van der Waals surface area contributed by atoms with E-state index in [0.717, 1.165) is 12.2 Å². The smallest absolute Gasteiger partial charge is 0.328 e. The highest BCUT2D eigenvalue weighted by Gasteiger charge is 2.15. The van der Waals surface area contributed by atoms with E-state index < -0.39 is 11.9 Å². The molecule has 0 heterocycles. The molecule has 0 atom stereocenters. The van der Waals surface area contributed by atoms with Gasteiger partial charge in [0.1, 0.15) is 5.75 Å². The highest BCUT2D eigenvalue weighted by molar-refractivity contribution is 5.97. The predicted molar refractivity (Wildman–Crippen MR) is 99.0 cm³/mol. The summed E-state index contributed by atoms with van der Waals surface area (Å²) in [6, 6.07) is 9.35. The number of hydrogen-bond donors (Lipinski definition) is 3. The van der Waals surface area contributed by atoms with E-state index in [1.54, 1.807) is 24.3 Å². The molecule has 0 aromatic heterocycles. The maximum Gasteiger partial charge on any atom is 0.328 e. The number of methoxy groups -OCH3 is 2. The van der Waals surface area contributed by atoms with E-state index in [9.17, 15) is 19.8 Å². The number of hydrogen-bond acceptors (Lipinski definition) is 5. The highest BCUT2D eigenvalue weighted by Crippen LogP contribution is 2.36. The van der Waals surface area contributed by atoms with Crippen LogP contribution in [0.15, 0.2) is 48.6 Å². The average Bonchev–Trinajstić information content (AvgIpc) is 2.64. The fourth-order valence-corrected chi connectivity index (χ4v) is 2.49. The third kappa shape index (κ3) is 4.88. The van der Waals surface area contributed by atoms with Crippen molar-refractivity contribution in [1.82, 2.24) is 0 Å². The molecule has 140 valence electrons. The van der Waals surface area contributed by atoms with Crippen LogP contribution in [0.1, 0.15) is 16.7 Å². The van der Waals surface area contributed by atoms with Gasteiger partial charge in [-0.05, 0) is 41.0 Å². The van der Waals surface area contributed by atoms with Gasteiger partial charge in [0.25, 0.3) is 0 Å². The van der Waals surface area contributed by atoms with Gasteiger partial charge in [-0.25, -0.2) is 9.59 Å². The number of rotatable bonds is 7. The first kappa shape index (κ1) is 19.6. The summed E-state index contributed by atoms with van der Waals surface area (Å²) in [5.74, 6) is -1.75. The maximum atomic E-state index is 11.3. The second-order valence-corrected chi connectivity index (χ2v) is 5.41. The van der Waals surface area contributed by atoms with Crippen LogP contribution in [0.4, 0.5) is 0 Å². The molecule has 0 unspecified atom stereocenters. The van der Waals surface area contributed by atoms with Gasteiger partial charge in [0, 0.05) is 17.7 Å². The summed E-state index contributed by atoms with van der Waals surface area (Å²) in [5.41, 5.74) is 1.90. The van der Waals surface area contributed by atoms with Gasteiger partial charge >= 0.3 is 11.9 Å². The van der Waals surface area contributed by atoms with E-state index in [0.29, 0.717) is 28.0 Å². The van der Waals surface area contributed by atoms with Crippen molar-refractivity contribution in [3.63, 3.8) is 0 Å². The molecule has 0 aliphatic heterocycles. The molecule has 27 heavy (non-hydrogen) atoms. The maximum absolute atomic E-state index is 11.3. The van der Waals surface area contributed by atoms with E-state index in [1.807, 2.05) is 0 Å². The number of carboxylic acids is 2. The molecule has 0 saturated carbocycles. The fourth-order valence-electron chi connectivity index (χ4n) is 2.49. The summed E-state index contributed by atoms with van der Waals surface area (Å²) in [5, 5.41) is 27.8. The Kier molecular flexibility index (Phi) is 6.22. The van der Waals surface area contributed by atoms with Crippen LogP contribution in [-0.4, -0.2) is 41.5 Å². The van der Waals surface area contributed by atoms with E-state index in [-0.39, 0.29) is 11.5 Å². The van der Waals surface area contributed by atoms with Gasteiger partial charge in [-0.15, -0.1) is 0 Å². The molecule has 2 aromatic carbocycles. The molecule has 0 aliphatic rings. The van der Waals surface area contributed by atoms with Crippen molar-refractivity contribution in [1.29, 1.82) is 0 Å². The minimum absolute atomic E-state index is 0.0722. The lowest BCUT2D eigenvalue weighted by molar-refractivity contribution is -0.132. The summed E-state index contributed by atoms with van der Waals surface area (Å²) in [6.45, 7) is 0. The van der Waals surface area contributed by atoms with E-state index in [2.05, 4.69) is 0 Å². The Labute approximate surface area is 155 Å². The van der Waals surface area contributed by atoms with Gasteiger partial charge in [-0.1, -0.05) is 18.2 Å². The second-order valence-electron chi connectivity index (χ2n) is 5.41. The van der Waals surface area contributed by atoms with Crippen LogP contribution >= 0.6 is 0 Å². The van der Waals surface area contributed by atoms with Crippen molar-refractivity contribution in [2.75, 3.05) is 14.2 Å². The molecule has 7 nitrogen and oxygen atoms in total. The van der Waals surface area contributed by atoms with Crippen molar-refractivity contribution < 1.29 is 34.4 Å². The first-order valence-corrected chi connectivity index (χ1v) is 7.77. The van der Waals surface area contributed by atoms with Crippen molar-refractivity contribution in [3.05, 3.63) is 65.2 Å². The molecule has 0 amide bonds. The third-order valence-corrected chi connectivity index (χ3v) is 3.69. The standard InChI is InChI=1S/C20H18O7/c1-26-17-9-12(4-8-19(22)23)3-6-14(17)15(11-20(24)25)13-5-7-16(21)18(10-13)27-2/h3-11,21H,1-2H3,(H,22,23)(H,24,25)/b8-4+,15-11+. The second kappa shape index (κ2) is 8.57. The van der Waals surface area contributed by atoms with Crippen molar-refractivity contribution >= 4 is 23.6 Å². The zero-order valence-corrected chi connectivity index (χ0v) is 14.7. The lowest BCUT2D eigenvalue weighted by atomic mass is 9.95. The molecule has 0 bridgehead atoms. The number of phenols is 1. The van der Waals surface area contributed by atoms with Crippen LogP contribution in [0.25, 0.3) is 11.6 Å². The summed E-state index contributed by atoms with van der Waals surface area (Å²) < 4.78 is 10.4. The van der Waals surface area contributed by atoms with Crippen LogP contribution in [0.3, 0.4) is 0 Å². The first-order chi connectivity index (χ1) is 12.8. The first-order valence-electron chi connectivity index (χ1n) is 7.77. The summed E-state index contributed by atoms with van der Waals surface area (Å²) in [7, 11) is 2.82. The molecular weight excluding hydrogens is 352 g/mol. The average molecular weight is 370 g/mol. The molecule has 0 saturated heterocycles. The van der Waals surface area contributed by atoms with Crippen LogP contribution in [-0.2, 0) is 9.59 Å². The normalized spacial score (nSPS) is 11.4. The number of aromatic hydroxyl groups is 1. The molecular formula is C20H18O7. The van der Waals surface area contributed by atoms with Gasteiger partial charge < -0.3 is 24.8 Å². The number of ether oxygens (including phenoxy) is 2. The Morgan fingerprint density at radius 1 is 0.926 bits per heavy atom. The number of benzene rings is 2. The molecule has 0 spiro atoms. The zero-order valence-electron chi connectivity index (χ0n) is 14.7. The van der Waals surface area contributed by atoms with Crippen LogP contribution < -0.4 is 9.47 Å². The molecule has 2 rings (SSSR count). The highest BCUT2D eigenvalue weighted by atomic mass is 16.5. The number of aliphatic carboxylic acids is 2. The minimum atomic E-state index is -1.16. The molecule has 7 heteroatoms. The van der Waals surface area contributed by atoms with E-state index in [1.165, 1.54) is 32.4 Å². The Balaban J connectivity index is 2.61. The molecule has 3 N–H and O–H groups in total. The van der Waals surface area contributed by atoms with Crippen LogP contribution in [0.2, 0.25) is 0 Å². The van der Waals surface area contributed by atoms with Gasteiger partial charge in [0.2, 0.25) is 0 Å². The zero-order chi connectivity index (χ0) is 20.0. The summed E-state index contributed by atoms with van der Waals surface area (Å²) in [6.07, 6.45) is 3.42. The molecule has 0 fully saturated rings. The Hall–Kier alpha value is -3.74. The number of carboxylic acid groups (broad SMARTS) is 2. The fraction of sp³-hybridized carbons (Fsp3) is 0.100. The van der Waals surface area contributed by atoms with Gasteiger partial charge in [-0.2, -0.15) is 0 Å². The SMILES string of the molecule is COc1cc(/C(=C\C(=O)O)c2ccc(/C=C/C(=O)O)cc2OC)ccc1O. The lowest BCUT2D eigenvalue weighted by Gasteiger charge is -2.14. The Morgan fingerprint density at radius 3 is 2.22 bits per heavy atom. The van der Waals surface area contributed by atoms with E-state index in [4.69, 9.17) is 14.6 Å². The molecule has 2 aromatic rings. The lowest BCUT2D eigenvalue weighted by Crippen LogP contribution is -1.99. The monoisotopic (exact) mass is 370 g/mol. The van der Waals surface area contributed by atoms with Crippen molar-refractivity contribution in [2.24, 2.45) is 0 Å². The quantitative estimate of drug-likeness (QED) is 0.642. The van der Waals surface area contributed by atoms with Gasteiger partial charge in [-0.3, -0.25) is 0 Å². The minimum Gasteiger partial charge on any atom is -0.504 e. The largest absolute Gasteiger partial charge is 0.504 e. The summed E-state index contributed by atoms with van der Waals surface area (Å²) >= 11 is 0. The summed E-state index contributed by atoms with van der Waals surface area (Å²) in [4.78, 5) is 22.0. The number of carbonyl (C=O) groups is 2. The van der Waals surface area contributed by atoms with Gasteiger partial charge in [0.15, 0.2) is 11.5 Å². The van der Waals surface area contributed by atoms with Crippen molar-refractivity contribution in [2.45, 2.75) is 0 Å². The predicted octanol–water partition coefficient (Wildman–Crippen LogP) is 3.02. The van der Waals surface area contributed by atoms with Crippen LogP contribution in [0, 0.1) is 0 Å². The third-order valence-electron chi connectivity index (χ3n) is 3.69. The Morgan fingerprint density at radius 2 is 1.63 bits per heavy atom. The van der Waals surface area contributed by atoms with Gasteiger partial charge in [0.05, 0.1) is 14.2 Å². The van der Waals surface area contributed by atoms with Crippen molar-refractivity contribution in [3.8, 4) is 17.2 Å². The topological polar surface area (TPSA) is 113 Å². The Bertz CT molecular complexity index is 926. The number of phenolic OH excluding ortho intramolecular Hbond substituents is 1. The van der Waals surface area contributed by atoms with E-state index >= 15 is 0 Å².